The summed E-state index contributed by atoms with van der Waals surface area (Å²) in [7, 11) is 10.4. The van der Waals surface area contributed by atoms with Crippen molar-refractivity contribution in [2.45, 2.75) is 138 Å². The van der Waals surface area contributed by atoms with Gasteiger partial charge in [0.25, 0.3) is 0 Å². The van der Waals surface area contributed by atoms with E-state index >= 15 is 0 Å². The van der Waals surface area contributed by atoms with Gasteiger partial charge in [0.1, 0.15) is 50.5 Å². The number of hydrogen-bond donors (Lipinski definition) is 0. The van der Waals surface area contributed by atoms with Gasteiger partial charge >= 0.3 is 0 Å². The quantitative estimate of drug-likeness (QED) is 0.148. The number of aromatic nitrogens is 6. The van der Waals surface area contributed by atoms with Crippen LogP contribution in [0.1, 0.15) is 150 Å². The van der Waals surface area contributed by atoms with Crippen molar-refractivity contribution >= 4 is 0 Å². The summed E-state index contributed by atoms with van der Waals surface area (Å²) in [4.78, 5) is 0. The second kappa shape index (κ2) is 33.9. The molecule has 98 heavy (non-hydrogen) atoms. The Morgan fingerprint density at radius 3 is 1.03 bits per heavy atom. The smallest absolute Gasteiger partial charge is 0.201 e. The average Bonchev–Trinajstić information content (AvgIpc) is 0.733. The van der Waals surface area contributed by atoms with Gasteiger partial charge in [0.2, 0.25) is 34.2 Å². The minimum absolute atomic E-state index is 0.00269. The summed E-state index contributed by atoms with van der Waals surface area (Å²) in [6.45, 7) is 19.2. The molecule has 6 aromatic heterocycles. The van der Waals surface area contributed by atoms with Gasteiger partial charge in [-0.2, -0.15) is 0 Å². The zero-order valence-electron chi connectivity index (χ0n) is 89.1. The topological polar surface area (TPSA) is 23.3 Å². The van der Waals surface area contributed by atoms with E-state index in [4.69, 9.17) is 38.4 Å². The Bertz CT molecular complexity index is 5470. The highest BCUT2D eigenvalue weighted by atomic mass is 14.9. The first kappa shape index (κ1) is 44.9. The molecule has 6 nitrogen and oxygen atoms in total. The molecule has 0 unspecified atom stereocenters. The maximum atomic E-state index is 8.43. The molecule has 0 radical (unpaired) electrons. The third-order valence-corrected chi connectivity index (χ3v) is 17.2. The van der Waals surface area contributed by atoms with Crippen molar-refractivity contribution in [3.8, 4) is 67.5 Å². The summed E-state index contributed by atoms with van der Waals surface area (Å²) in [6.07, 6.45) is 1.15. The van der Waals surface area contributed by atoms with Crippen LogP contribution < -0.4 is 27.4 Å². The molecule has 6 heterocycles. The van der Waals surface area contributed by atoms with Crippen LogP contribution in [0.5, 0.6) is 0 Å². The third-order valence-electron chi connectivity index (χ3n) is 17.2. The summed E-state index contributed by atoms with van der Waals surface area (Å²) in [6, 6.07) is 34.1. The van der Waals surface area contributed by atoms with Crippen LogP contribution >= 0.6 is 0 Å². The Labute approximate surface area is 629 Å². The fourth-order valence-corrected chi connectivity index (χ4v) is 11.1. The molecule has 0 aliphatic carbocycles. The molecule has 0 aliphatic rings. The molecule has 0 N–H and O–H groups in total. The van der Waals surface area contributed by atoms with Crippen molar-refractivity contribution in [1.82, 2.24) is 0 Å². The minimum atomic E-state index is -2.75. The van der Waals surface area contributed by atoms with Crippen molar-refractivity contribution in [2.24, 2.45) is 42.3 Å². The lowest BCUT2D eigenvalue weighted by Crippen LogP contribution is -2.33. The normalized spacial score (nSPS) is 15.2. The molecular weight excluding hydrogens is 1190 g/mol. The zero-order valence-corrected chi connectivity index (χ0v) is 61.1. The Balaban J connectivity index is 0.000000210. The SMILES string of the molecule is [2H]c1c(C)c(C)c(-c2ccccc2C)[n+](C)c1[2H].[2H]c1c(C)c(C)c(C)c(-c2ccccc2C)[n+]1C.[2H]c1c(C)c(C)c([2H])[n+](C)c1-c1ccccc1C.[2H]c1c(C)ccc(-c2ccccc2C)[n+]1C.[2H]c1c([2H])c(C([2H])([2H])[2H])c([2H])c(C)c1-c1c([2H])c(C)c(C([2H])([2H])[2H])c([2H])[n+]1C.[2H]c1c([2H])c(C([2H])([2H])[2H])c([2H])c(C)c1-c1c([2H])c(C)c(C([2H])([2H])[2H])c([2H])[n+]1C. The van der Waals surface area contributed by atoms with Crippen LogP contribution in [0.15, 0.2) is 207 Å². The van der Waals surface area contributed by atoms with Crippen LogP contribution in [-0.4, -0.2) is 0 Å². The molecule has 0 saturated carbocycles. The fraction of sp³-hybridized carbons (Fsp3) is 0.283. The van der Waals surface area contributed by atoms with Crippen LogP contribution in [0.2, 0.25) is 0 Å². The van der Waals surface area contributed by atoms with Crippen LogP contribution in [0.3, 0.4) is 0 Å². The second-order valence-electron chi connectivity index (χ2n) is 24.8. The van der Waals surface area contributed by atoms with Crippen LogP contribution in [-0.2, 0) is 42.3 Å². The van der Waals surface area contributed by atoms with Crippen molar-refractivity contribution in [2.75, 3.05) is 0 Å². The first-order valence-electron chi connectivity index (χ1n) is 46.3. The van der Waals surface area contributed by atoms with E-state index in [9.17, 15) is 0 Å². The Morgan fingerprint density at radius 1 is 0.235 bits per heavy atom. The molecule has 0 saturated heterocycles. The van der Waals surface area contributed by atoms with E-state index in [1.807, 2.05) is 140 Å². The van der Waals surface area contributed by atoms with Gasteiger partial charge in [0, 0.05) is 119 Å². The highest BCUT2D eigenvalue weighted by molar-refractivity contribution is 5.68. The maximum Gasteiger partial charge on any atom is 0.215 e. The number of rotatable bonds is 6. The van der Waals surface area contributed by atoms with E-state index in [-0.39, 0.29) is 86.5 Å². The molecule has 0 bridgehead atoms. The first-order chi connectivity index (χ1) is 58.0. The lowest BCUT2D eigenvalue weighted by Gasteiger charge is -2.10. The van der Waals surface area contributed by atoms with Gasteiger partial charge in [-0.05, 0) is 242 Å². The summed E-state index contributed by atoms with van der Waals surface area (Å²) in [5.74, 6) is 0. The van der Waals surface area contributed by atoms with Gasteiger partial charge in [0.05, 0.1) is 13.7 Å². The molecule has 12 rings (SSSR count). The van der Waals surface area contributed by atoms with E-state index < -0.39 is 74.8 Å². The fourth-order valence-electron chi connectivity index (χ4n) is 11.1. The highest BCUT2D eigenvalue weighted by Crippen LogP contribution is 2.29. The van der Waals surface area contributed by atoms with E-state index in [1.54, 1.807) is 9.13 Å². The maximum absolute atomic E-state index is 8.43. The average molecular weight is 1330 g/mol. The van der Waals surface area contributed by atoms with Crippen LogP contribution in [0.25, 0.3) is 67.5 Å². The molecule has 0 spiro atoms. The van der Waals surface area contributed by atoms with Gasteiger partial charge in [-0.25, -0.2) is 27.4 Å². The molecule has 6 heteroatoms. The molecule has 12 aromatic rings. The summed E-state index contributed by atoms with van der Waals surface area (Å²) in [5, 5.41) is 0. The van der Waals surface area contributed by atoms with Gasteiger partial charge in [0.15, 0.2) is 37.0 Å². The monoisotopic (exact) mass is 1330 g/mol. The summed E-state index contributed by atoms with van der Waals surface area (Å²) in [5.41, 5.74) is 20.3. The highest BCUT2D eigenvalue weighted by Gasteiger charge is 2.21. The van der Waals surface area contributed by atoms with E-state index in [2.05, 4.69) is 89.2 Å². The lowest BCUT2D eigenvalue weighted by molar-refractivity contribution is -0.661. The number of pyridine rings is 6. The standard InChI is InChI=1S/3C16H20N.2C15H18N.C14H16N/c2*1-11-6-7-15(13(3)8-11)16-9-12(2)14(4)10-17(16)5;1-11-8-6-7-9-15(11)16-14(4)13(3)12(2)10-17(16)5;1-11-7-5-6-8-14(11)15-9-12(2)13(3)10-16(15)4;1-11-9-10-16(4)15(13(11)3)14-8-6-5-7-12(14)2;1-11-8-9-14(15(3)10-11)13-7-5-4-6-12(13)2/h3*6-10H,1-5H3;2*5-10H,1-4H3;4-10H,1-3H3/q6*+1/i2*1D3,4D3,6D,7D,8D,9D,10D;10D;2*9D,10D;10D. The van der Waals surface area contributed by atoms with Crippen molar-refractivity contribution in [1.29, 1.82) is 0 Å². The molecule has 6 aromatic carbocycles. The number of nitrogens with zero attached hydrogens (tertiary/aromatic N) is 6. The van der Waals surface area contributed by atoms with Gasteiger partial charge in [-0.1, -0.05) is 108 Å². The lowest BCUT2D eigenvalue weighted by atomic mass is 9.97. The zero-order chi connectivity index (χ0) is 95.9. The molecule has 0 fully saturated rings. The van der Waals surface area contributed by atoms with Crippen LogP contribution in [0, 0.1) is 138 Å². The van der Waals surface area contributed by atoms with Crippen molar-refractivity contribution in [3.05, 3.63) is 318 Å². The molecule has 0 amide bonds. The Hall–Kier alpha value is -9.78. The Morgan fingerprint density at radius 2 is 0.602 bits per heavy atom. The minimum Gasteiger partial charge on any atom is -0.201 e. The number of hydrogen-bond acceptors (Lipinski definition) is 0. The largest absolute Gasteiger partial charge is 0.215 e. The summed E-state index contributed by atoms with van der Waals surface area (Å²) >= 11 is 0. The molecular formula is C92H112N6+6. The molecule has 0 atom stereocenters. The van der Waals surface area contributed by atoms with E-state index in [0.29, 0.717) is 30.6 Å². The van der Waals surface area contributed by atoms with Crippen molar-refractivity contribution in [3.63, 3.8) is 0 Å². The predicted molar refractivity (Wildman–Crippen MR) is 413 cm³/mol. The van der Waals surface area contributed by atoms with Gasteiger partial charge in [-0.15, -0.1) is 0 Å². The van der Waals surface area contributed by atoms with Gasteiger partial charge < -0.3 is 0 Å². The molecule has 504 valence electrons. The van der Waals surface area contributed by atoms with Crippen molar-refractivity contribution < 1.29 is 65.8 Å². The summed E-state index contributed by atoms with van der Waals surface area (Å²) < 4.78 is 232. The van der Waals surface area contributed by atoms with Crippen LogP contribution in [0.4, 0.5) is 0 Å². The Kier molecular flexibility index (Phi) is 15.6. The molecule has 0 aliphatic heterocycles. The second-order valence-corrected chi connectivity index (χ2v) is 24.8. The van der Waals surface area contributed by atoms with E-state index in [0.717, 1.165) is 82.0 Å². The third kappa shape index (κ3) is 18.9. The number of aryl methyl sites for hydroxylation is 5. The predicted octanol–water partition coefficient (Wildman–Crippen LogP) is 19.2. The van der Waals surface area contributed by atoms with E-state index in [1.165, 1.54) is 80.7 Å². The first-order valence-corrected chi connectivity index (χ1v) is 32.3. The van der Waals surface area contributed by atoms with Gasteiger partial charge in [-0.3, -0.25) is 0 Å². The number of benzene rings is 6.